The van der Waals surface area contributed by atoms with Crippen LogP contribution in [0.4, 0.5) is 0 Å². The van der Waals surface area contributed by atoms with Crippen LogP contribution in [0.1, 0.15) is 35.1 Å². The van der Waals surface area contributed by atoms with Crippen molar-refractivity contribution in [3.05, 3.63) is 60.0 Å². The molecule has 1 aliphatic rings. The summed E-state index contributed by atoms with van der Waals surface area (Å²) in [6.07, 6.45) is 1.70. The molecule has 1 amide bonds. The van der Waals surface area contributed by atoms with Crippen molar-refractivity contribution in [2.24, 2.45) is 0 Å². The van der Waals surface area contributed by atoms with Crippen LogP contribution in [-0.2, 0) is 0 Å². The standard InChI is InChI=1S/C21H21N3O4/c1-26-17-11-10-15(13-18(17)27-2)19-22-20(28-23-19)16-9-6-12-24(16)21(25)14-7-4-3-5-8-14/h3-5,7-8,10-11,13,16H,6,9,12H2,1-2H3/t16-/m0/s1. The molecule has 0 N–H and O–H groups in total. The van der Waals surface area contributed by atoms with Crippen molar-refractivity contribution in [1.29, 1.82) is 0 Å². The SMILES string of the molecule is COc1ccc(-c2noc([C@@H]3CCCN3C(=O)c3ccccc3)n2)cc1OC. The number of benzene rings is 2. The van der Waals surface area contributed by atoms with Crippen molar-refractivity contribution < 1.29 is 18.8 Å². The maximum absolute atomic E-state index is 12.9. The third-order valence-electron chi connectivity index (χ3n) is 4.90. The van der Waals surface area contributed by atoms with Gasteiger partial charge in [-0.25, -0.2) is 0 Å². The molecule has 7 nitrogen and oxygen atoms in total. The molecular formula is C21H21N3O4. The number of ether oxygens (including phenoxy) is 2. The summed E-state index contributed by atoms with van der Waals surface area (Å²) in [5.41, 5.74) is 1.42. The first-order valence-corrected chi connectivity index (χ1v) is 9.13. The summed E-state index contributed by atoms with van der Waals surface area (Å²) in [4.78, 5) is 19.2. The Balaban J connectivity index is 1.59. The summed E-state index contributed by atoms with van der Waals surface area (Å²) < 4.78 is 16.1. The molecule has 1 atom stereocenters. The van der Waals surface area contributed by atoms with Crippen LogP contribution >= 0.6 is 0 Å². The van der Waals surface area contributed by atoms with Gasteiger partial charge in [0.2, 0.25) is 11.7 Å². The van der Waals surface area contributed by atoms with E-state index in [2.05, 4.69) is 10.1 Å². The zero-order valence-corrected chi connectivity index (χ0v) is 15.8. The number of nitrogens with zero attached hydrogens (tertiary/aromatic N) is 3. The number of amides is 1. The molecule has 0 spiro atoms. The molecule has 2 aromatic carbocycles. The monoisotopic (exact) mass is 379 g/mol. The lowest BCUT2D eigenvalue weighted by Gasteiger charge is -2.21. The van der Waals surface area contributed by atoms with Gasteiger partial charge in [0, 0.05) is 17.7 Å². The Bertz CT molecular complexity index is 971. The lowest BCUT2D eigenvalue weighted by molar-refractivity contribution is 0.0710. The minimum atomic E-state index is -0.214. The molecule has 0 radical (unpaired) electrons. The highest BCUT2D eigenvalue weighted by Gasteiger charge is 2.34. The van der Waals surface area contributed by atoms with E-state index < -0.39 is 0 Å². The second-order valence-electron chi connectivity index (χ2n) is 6.55. The predicted molar refractivity (Wildman–Crippen MR) is 102 cm³/mol. The van der Waals surface area contributed by atoms with E-state index in [1.54, 1.807) is 31.3 Å². The quantitative estimate of drug-likeness (QED) is 0.672. The van der Waals surface area contributed by atoms with E-state index in [1.807, 2.05) is 36.4 Å². The molecule has 0 aliphatic carbocycles. The topological polar surface area (TPSA) is 77.7 Å². The minimum absolute atomic E-state index is 0.0195. The fourth-order valence-corrected chi connectivity index (χ4v) is 3.48. The Morgan fingerprint density at radius 1 is 1.11 bits per heavy atom. The lowest BCUT2D eigenvalue weighted by atomic mass is 10.1. The molecule has 7 heteroatoms. The second-order valence-corrected chi connectivity index (χ2v) is 6.55. The molecule has 1 aliphatic heterocycles. The number of likely N-dealkylation sites (tertiary alicyclic amines) is 1. The van der Waals surface area contributed by atoms with Gasteiger partial charge in [-0.2, -0.15) is 4.98 Å². The third kappa shape index (κ3) is 3.31. The van der Waals surface area contributed by atoms with Crippen LogP contribution < -0.4 is 9.47 Å². The smallest absolute Gasteiger partial charge is 0.254 e. The summed E-state index contributed by atoms with van der Waals surface area (Å²) in [6, 6.07) is 14.5. The molecule has 28 heavy (non-hydrogen) atoms. The number of carbonyl (C=O) groups is 1. The molecule has 1 fully saturated rings. The molecule has 1 saturated heterocycles. The number of rotatable bonds is 5. The number of aromatic nitrogens is 2. The van der Waals surface area contributed by atoms with E-state index in [9.17, 15) is 4.79 Å². The third-order valence-corrected chi connectivity index (χ3v) is 4.90. The van der Waals surface area contributed by atoms with Crippen LogP contribution in [0.15, 0.2) is 53.1 Å². The van der Waals surface area contributed by atoms with Crippen molar-refractivity contribution >= 4 is 5.91 Å². The maximum atomic E-state index is 12.9. The average molecular weight is 379 g/mol. The van der Waals surface area contributed by atoms with Crippen LogP contribution in [-0.4, -0.2) is 41.7 Å². The van der Waals surface area contributed by atoms with Gasteiger partial charge in [0.1, 0.15) is 6.04 Å². The van der Waals surface area contributed by atoms with Gasteiger partial charge in [-0.1, -0.05) is 23.4 Å². The van der Waals surface area contributed by atoms with Gasteiger partial charge in [0.15, 0.2) is 11.5 Å². The van der Waals surface area contributed by atoms with E-state index >= 15 is 0 Å². The van der Waals surface area contributed by atoms with E-state index in [0.29, 0.717) is 35.3 Å². The first-order valence-electron chi connectivity index (χ1n) is 9.13. The molecule has 1 aromatic heterocycles. The van der Waals surface area contributed by atoms with Gasteiger partial charge in [0.05, 0.1) is 14.2 Å². The van der Waals surface area contributed by atoms with E-state index in [1.165, 1.54) is 0 Å². The number of hydrogen-bond donors (Lipinski definition) is 0. The summed E-state index contributed by atoms with van der Waals surface area (Å²) in [5.74, 6) is 2.11. The van der Waals surface area contributed by atoms with Crippen LogP contribution in [0.25, 0.3) is 11.4 Å². The molecular weight excluding hydrogens is 358 g/mol. The molecule has 3 aromatic rings. The van der Waals surface area contributed by atoms with E-state index in [0.717, 1.165) is 18.4 Å². The molecule has 0 unspecified atom stereocenters. The molecule has 2 heterocycles. The normalized spacial score (nSPS) is 16.2. The van der Waals surface area contributed by atoms with Crippen molar-refractivity contribution in [2.75, 3.05) is 20.8 Å². The Morgan fingerprint density at radius 2 is 1.89 bits per heavy atom. The molecule has 4 rings (SSSR count). The van der Waals surface area contributed by atoms with Crippen LogP contribution in [0.5, 0.6) is 11.5 Å². The highest BCUT2D eigenvalue weighted by atomic mass is 16.5. The van der Waals surface area contributed by atoms with Gasteiger partial charge in [-0.05, 0) is 43.2 Å². The number of methoxy groups -OCH3 is 2. The number of carbonyl (C=O) groups excluding carboxylic acids is 1. The Hall–Kier alpha value is -3.35. The summed E-state index contributed by atoms with van der Waals surface area (Å²) in [6.45, 7) is 0.673. The van der Waals surface area contributed by atoms with Gasteiger partial charge in [0.25, 0.3) is 5.91 Å². The largest absolute Gasteiger partial charge is 0.493 e. The lowest BCUT2D eigenvalue weighted by Crippen LogP contribution is -2.30. The number of hydrogen-bond acceptors (Lipinski definition) is 6. The van der Waals surface area contributed by atoms with Crippen LogP contribution in [0.2, 0.25) is 0 Å². The van der Waals surface area contributed by atoms with Crippen molar-refractivity contribution in [3.63, 3.8) is 0 Å². The first kappa shape index (κ1) is 18.0. The molecule has 144 valence electrons. The van der Waals surface area contributed by atoms with Gasteiger partial charge in [-0.3, -0.25) is 4.79 Å². The van der Waals surface area contributed by atoms with Gasteiger partial charge in [-0.15, -0.1) is 0 Å². The highest BCUT2D eigenvalue weighted by molar-refractivity contribution is 5.94. The second kappa shape index (κ2) is 7.72. The Morgan fingerprint density at radius 3 is 2.64 bits per heavy atom. The Labute approximate surface area is 162 Å². The summed E-state index contributed by atoms with van der Waals surface area (Å²) >= 11 is 0. The first-order chi connectivity index (χ1) is 13.7. The fourth-order valence-electron chi connectivity index (χ4n) is 3.48. The van der Waals surface area contributed by atoms with E-state index in [4.69, 9.17) is 14.0 Å². The van der Waals surface area contributed by atoms with Crippen LogP contribution in [0, 0.1) is 0 Å². The summed E-state index contributed by atoms with van der Waals surface area (Å²) in [5, 5.41) is 4.11. The van der Waals surface area contributed by atoms with Crippen LogP contribution in [0.3, 0.4) is 0 Å². The Kier molecular flexibility index (Phi) is 4.97. The van der Waals surface area contributed by atoms with Crippen molar-refractivity contribution in [3.8, 4) is 22.9 Å². The molecule has 0 bridgehead atoms. The van der Waals surface area contributed by atoms with Gasteiger partial charge >= 0.3 is 0 Å². The predicted octanol–water partition coefficient (Wildman–Crippen LogP) is 3.73. The van der Waals surface area contributed by atoms with Gasteiger partial charge < -0.3 is 18.9 Å². The zero-order chi connectivity index (χ0) is 19.5. The van der Waals surface area contributed by atoms with E-state index in [-0.39, 0.29) is 11.9 Å². The molecule has 0 saturated carbocycles. The minimum Gasteiger partial charge on any atom is -0.493 e. The fraction of sp³-hybridized carbons (Fsp3) is 0.286. The highest BCUT2D eigenvalue weighted by Crippen LogP contribution is 2.35. The van der Waals surface area contributed by atoms with Crippen molar-refractivity contribution in [1.82, 2.24) is 15.0 Å². The average Bonchev–Trinajstić information content (AvgIpc) is 3.42. The summed E-state index contributed by atoms with van der Waals surface area (Å²) in [7, 11) is 3.16. The van der Waals surface area contributed by atoms with Crippen molar-refractivity contribution in [2.45, 2.75) is 18.9 Å². The maximum Gasteiger partial charge on any atom is 0.254 e. The zero-order valence-electron chi connectivity index (χ0n) is 15.8.